The van der Waals surface area contributed by atoms with Crippen LogP contribution >= 0.6 is 11.8 Å². The largest absolute Gasteiger partial charge is 0.393 e. The maximum atomic E-state index is 11.6. The van der Waals surface area contributed by atoms with Crippen molar-refractivity contribution in [3.8, 4) is 0 Å². The van der Waals surface area contributed by atoms with Gasteiger partial charge in [-0.2, -0.15) is 11.8 Å². The molecule has 0 heterocycles. The fraction of sp³-hybridized carbons (Fsp3) is 0.909. The summed E-state index contributed by atoms with van der Waals surface area (Å²) in [5, 5.41) is 12.4. The van der Waals surface area contributed by atoms with Crippen molar-refractivity contribution in [1.29, 1.82) is 0 Å². The van der Waals surface area contributed by atoms with Crippen LogP contribution in [0.25, 0.3) is 0 Å². The minimum atomic E-state index is -0.411. The van der Waals surface area contributed by atoms with Crippen LogP contribution in [0.3, 0.4) is 0 Å². The molecule has 1 amide bonds. The second-order valence-corrected chi connectivity index (χ2v) is 5.38. The van der Waals surface area contributed by atoms with E-state index in [1.54, 1.807) is 11.8 Å². The van der Waals surface area contributed by atoms with Crippen LogP contribution in [0.4, 0.5) is 0 Å². The summed E-state index contributed by atoms with van der Waals surface area (Å²) in [6.07, 6.45) is 5.38. The molecule has 0 aromatic carbocycles. The van der Waals surface area contributed by atoms with E-state index in [1.807, 2.05) is 6.26 Å². The molecule has 0 bridgehead atoms. The maximum Gasteiger partial charge on any atom is 0.236 e. The molecule has 1 fully saturated rings. The minimum absolute atomic E-state index is 0.0897. The Kier molecular flexibility index (Phi) is 6.16. The highest BCUT2D eigenvalue weighted by Crippen LogP contribution is 2.24. The molecule has 2 unspecified atom stereocenters. The summed E-state index contributed by atoms with van der Waals surface area (Å²) in [5.74, 6) is 1.03. The van der Waals surface area contributed by atoms with E-state index < -0.39 is 6.04 Å². The maximum absolute atomic E-state index is 11.6. The second kappa shape index (κ2) is 7.14. The third-order valence-electron chi connectivity index (χ3n) is 3.13. The first-order valence-electron chi connectivity index (χ1n) is 5.85. The van der Waals surface area contributed by atoms with Crippen LogP contribution < -0.4 is 11.1 Å². The zero-order chi connectivity index (χ0) is 12.0. The molecule has 3 atom stereocenters. The fourth-order valence-electron chi connectivity index (χ4n) is 1.99. The molecule has 1 rings (SSSR count). The van der Waals surface area contributed by atoms with Gasteiger partial charge in [-0.15, -0.1) is 0 Å². The molecule has 1 aliphatic carbocycles. The van der Waals surface area contributed by atoms with Gasteiger partial charge in [-0.25, -0.2) is 0 Å². The third-order valence-corrected chi connectivity index (χ3v) is 3.77. The lowest BCUT2D eigenvalue weighted by atomic mass is 10.1. The SMILES string of the molecule is CSCC[C@@H](N)C(=O)NCC1CCCC1O. The summed E-state index contributed by atoms with van der Waals surface area (Å²) in [7, 11) is 0. The van der Waals surface area contributed by atoms with E-state index in [2.05, 4.69) is 5.32 Å². The predicted molar refractivity (Wildman–Crippen MR) is 67.3 cm³/mol. The molecule has 0 radical (unpaired) electrons. The van der Waals surface area contributed by atoms with Crippen LogP contribution in [0, 0.1) is 5.92 Å². The van der Waals surface area contributed by atoms with Gasteiger partial charge in [0.1, 0.15) is 0 Å². The summed E-state index contributed by atoms with van der Waals surface area (Å²) in [6, 6.07) is -0.411. The fourth-order valence-corrected chi connectivity index (χ4v) is 2.48. The standard InChI is InChI=1S/C11H22N2O2S/c1-16-6-5-9(12)11(15)13-7-8-3-2-4-10(8)14/h8-10,14H,2-7,12H2,1H3,(H,13,15)/t8?,9-,10?/m1/s1. The number of hydrogen-bond acceptors (Lipinski definition) is 4. The summed E-state index contributed by atoms with van der Waals surface area (Å²) in [6.45, 7) is 0.562. The Morgan fingerprint density at radius 3 is 2.94 bits per heavy atom. The van der Waals surface area contributed by atoms with E-state index in [9.17, 15) is 9.90 Å². The van der Waals surface area contributed by atoms with E-state index in [0.717, 1.165) is 25.0 Å². The number of aliphatic hydroxyl groups excluding tert-OH is 1. The zero-order valence-electron chi connectivity index (χ0n) is 9.82. The first kappa shape index (κ1) is 13.8. The van der Waals surface area contributed by atoms with Crippen molar-refractivity contribution in [3.05, 3.63) is 0 Å². The van der Waals surface area contributed by atoms with E-state index in [0.29, 0.717) is 13.0 Å². The van der Waals surface area contributed by atoms with Gasteiger partial charge in [0, 0.05) is 12.5 Å². The highest BCUT2D eigenvalue weighted by Gasteiger charge is 2.25. The van der Waals surface area contributed by atoms with Crippen LogP contribution in [0.15, 0.2) is 0 Å². The summed E-state index contributed by atoms with van der Waals surface area (Å²) in [5.41, 5.74) is 5.73. The zero-order valence-corrected chi connectivity index (χ0v) is 10.6. The second-order valence-electron chi connectivity index (χ2n) is 4.39. The molecule has 1 saturated carbocycles. The first-order chi connectivity index (χ1) is 7.65. The number of nitrogens with two attached hydrogens (primary N) is 1. The highest BCUT2D eigenvalue weighted by molar-refractivity contribution is 7.98. The van der Waals surface area contributed by atoms with E-state index in [4.69, 9.17) is 5.73 Å². The molecule has 5 heteroatoms. The van der Waals surface area contributed by atoms with Crippen molar-refractivity contribution in [2.24, 2.45) is 11.7 Å². The molecule has 0 spiro atoms. The molecule has 0 saturated heterocycles. The molecule has 0 aliphatic heterocycles. The van der Waals surface area contributed by atoms with Gasteiger partial charge in [-0.05, 0) is 31.3 Å². The van der Waals surface area contributed by atoms with E-state index in [1.165, 1.54) is 0 Å². The molecular formula is C11H22N2O2S. The van der Waals surface area contributed by atoms with Crippen molar-refractivity contribution in [2.45, 2.75) is 37.8 Å². The quantitative estimate of drug-likeness (QED) is 0.632. The number of amides is 1. The van der Waals surface area contributed by atoms with Gasteiger partial charge < -0.3 is 16.2 Å². The summed E-state index contributed by atoms with van der Waals surface area (Å²) < 4.78 is 0. The number of carbonyl (C=O) groups excluding carboxylic acids is 1. The van der Waals surface area contributed by atoms with Crippen molar-refractivity contribution in [2.75, 3.05) is 18.6 Å². The first-order valence-corrected chi connectivity index (χ1v) is 7.24. The Labute approximate surface area is 101 Å². The van der Waals surface area contributed by atoms with Gasteiger partial charge in [0.2, 0.25) is 5.91 Å². The predicted octanol–water partition coefficient (Wildman–Crippen LogP) is 0.344. The molecule has 0 aromatic heterocycles. The Balaban J connectivity index is 2.18. The number of rotatable bonds is 6. The lowest BCUT2D eigenvalue weighted by Crippen LogP contribution is -2.43. The molecule has 1 aliphatic rings. The molecule has 4 N–H and O–H groups in total. The Bertz CT molecular complexity index is 226. The Hall–Kier alpha value is -0.260. The average molecular weight is 246 g/mol. The minimum Gasteiger partial charge on any atom is -0.393 e. The van der Waals surface area contributed by atoms with Gasteiger partial charge in [0.15, 0.2) is 0 Å². The van der Waals surface area contributed by atoms with Crippen LogP contribution in [-0.2, 0) is 4.79 Å². The lowest BCUT2D eigenvalue weighted by molar-refractivity contribution is -0.122. The van der Waals surface area contributed by atoms with Crippen LogP contribution in [0.2, 0.25) is 0 Å². The molecule has 16 heavy (non-hydrogen) atoms. The lowest BCUT2D eigenvalue weighted by Gasteiger charge is -2.17. The molecule has 94 valence electrons. The van der Waals surface area contributed by atoms with Gasteiger partial charge in [-0.1, -0.05) is 6.42 Å². The third kappa shape index (κ3) is 4.31. The normalized spacial score (nSPS) is 26.7. The summed E-state index contributed by atoms with van der Waals surface area (Å²) in [4.78, 5) is 11.6. The van der Waals surface area contributed by atoms with Crippen molar-refractivity contribution >= 4 is 17.7 Å². The molecule has 0 aromatic rings. The number of thioether (sulfide) groups is 1. The highest BCUT2D eigenvalue weighted by atomic mass is 32.2. The molecular weight excluding hydrogens is 224 g/mol. The van der Waals surface area contributed by atoms with Crippen LogP contribution in [0.1, 0.15) is 25.7 Å². The number of aliphatic hydroxyl groups is 1. The van der Waals surface area contributed by atoms with Gasteiger partial charge >= 0.3 is 0 Å². The number of carbonyl (C=O) groups is 1. The smallest absolute Gasteiger partial charge is 0.236 e. The van der Waals surface area contributed by atoms with Crippen LogP contribution in [-0.4, -0.2) is 41.7 Å². The van der Waals surface area contributed by atoms with E-state index in [-0.39, 0.29) is 17.9 Å². The van der Waals surface area contributed by atoms with Gasteiger partial charge in [-0.3, -0.25) is 4.79 Å². The van der Waals surface area contributed by atoms with Gasteiger partial charge in [0.05, 0.1) is 12.1 Å². The van der Waals surface area contributed by atoms with Crippen LogP contribution in [0.5, 0.6) is 0 Å². The number of hydrogen-bond donors (Lipinski definition) is 3. The average Bonchev–Trinajstić information content (AvgIpc) is 2.68. The number of nitrogens with one attached hydrogen (secondary N) is 1. The van der Waals surface area contributed by atoms with Gasteiger partial charge in [0.25, 0.3) is 0 Å². The summed E-state index contributed by atoms with van der Waals surface area (Å²) >= 11 is 1.69. The topological polar surface area (TPSA) is 75.4 Å². The Morgan fingerprint density at radius 2 is 2.38 bits per heavy atom. The molecule has 4 nitrogen and oxygen atoms in total. The Morgan fingerprint density at radius 1 is 1.62 bits per heavy atom. The van der Waals surface area contributed by atoms with Crippen molar-refractivity contribution in [3.63, 3.8) is 0 Å². The van der Waals surface area contributed by atoms with Crippen molar-refractivity contribution in [1.82, 2.24) is 5.32 Å². The van der Waals surface area contributed by atoms with E-state index >= 15 is 0 Å². The monoisotopic (exact) mass is 246 g/mol. The van der Waals surface area contributed by atoms with Crippen molar-refractivity contribution < 1.29 is 9.90 Å².